The van der Waals surface area contributed by atoms with Crippen LogP contribution in [0.1, 0.15) is 6.92 Å². The lowest BCUT2D eigenvalue weighted by Gasteiger charge is -2.24. The fourth-order valence-corrected chi connectivity index (χ4v) is 1.23. The van der Waals surface area contributed by atoms with E-state index in [0.717, 1.165) is 0 Å². The highest BCUT2D eigenvalue weighted by Crippen LogP contribution is 2.30. The van der Waals surface area contributed by atoms with Crippen molar-refractivity contribution in [3.05, 3.63) is 0 Å². The maximum atomic E-state index is 9.40. The van der Waals surface area contributed by atoms with Gasteiger partial charge in [-0.1, -0.05) is 0 Å². The van der Waals surface area contributed by atoms with Crippen molar-refractivity contribution in [3.8, 4) is 0 Å². The van der Waals surface area contributed by atoms with Crippen LogP contribution in [0.2, 0.25) is 0 Å². The monoisotopic (exact) mass is 178 g/mol. The van der Waals surface area contributed by atoms with Gasteiger partial charge in [-0.25, -0.2) is 0 Å². The van der Waals surface area contributed by atoms with Gasteiger partial charge in [-0.05, 0) is 6.92 Å². The van der Waals surface area contributed by atoms with Gasteiger partial charge in [-0.15, -0.1) is 0 Å². The third-order valence-electron chi connectivity index (χ3n) is 2.16. The van der Waals surface area contributed by atoms with Gasteiger partial charge in [0.05, 0.1) is 6.61 Å². The number of rotatable bonds is 2. The number of hydrogen-bond acceptors (Lipinski definition) is 5. The smallest absolute Gasteiger partial charge is 0.186 e. The Labute approximate surface area is 70.5 Å². The van der Waals surface area contributed by atoms with Crippen LogP contribution in [-0.4, -0.2) is 53.1 Å². The average molecular weight is 178 g/mol. The Balaban J connectivity index is 2.72. The summed E-state index contributed by atoms with van der Waals surface area (Å²) in [6, 6.07) is 0. The van der Waals surface area contributed by atoms with E-state index in [4.69, 9.17) is 14.6 Å². The Morgan fingerprint density at radius 1 is 1.50 bits per heavy atom. The molecule has 5 nitrogen and oxygen atoms in total. The Morgan fingerprint density at radius 2 is 2.08 bits per heavy atom. The van der Waals surface area contributed by atoms with Crippen molar-refractivity contribution in [3.63, 3.8) is 0 Å². The third kappa shape index (κ3) is 1.34. The van der Waals surface area contributed by atoms with Crippen molar-refractivity contribution in [2.75, 3.05) is 13.7 Å². The molecule has 1 rings (SSSR count). The SMILES string of the molecule is CO[C@H]1O[C@](C)(CO)[C@@H](O)[C@H]1O. The number of ether oxygens (including phenoxy) is 2. The van der Waals surface area contributed by atoms with Crippen LogP contribution in [0.15, 0.2) is 0 Å². The Hall–Kier alpha value is -0.200. The Kier molecular flexibility index (Phi) is 2.70. The normalized spacial score (nSPS) is 48.2. The Bertz CT molecular complexity index is 162. The van der Waals surface area contributed by atoms with Crippen LogP contribution in [0, 0.1) is 0 Å². The van der Waals surface area contributed by atoms with E-state index >= 15 is 0 Å². The van der Waals surface area contributed by atoms with Crippen molar-refractivity contribution >= 4 is 0 Å². The summed E-state index contributed by atoms with van der Waals surface area (Å²) in [5.74, 6) is 0. The summed E-state index contributed by atoms with van der Waals surface area (Å²) in [5.41, 5.74) is -1.12. The van der Waals surface area contributed by atoms with Crippen molar-refractivity contribution in [2.45, 2.75) is 31.0 Å². The number of aliphatic hydroxyl groups is 3. The molecule has 0 aliphatic carbocycles. The van der Waals surface area contributed by atoms with Crippen molar-refractivity contribution < 1.29 is 24.8 Å². The van der Waals surface area contributed by atoms with Crippen LogP contribution in [0.5, 0.6) is 0 Å². The standard InChI is InChI=1S/C7H14O5/c1-7(3-8)5(10)4(9)6(11-2)12-7/h4-6,8-10H,3H2,1-2H3/t4-,5+,6+,7-/m1/s1. The largest absolute Gasteiger partial charge is 0.393 e. The zero-order valence-electron chi connectivity index (χ0n) is 7.10. The summed E-state index contributed by atoms with van der Waals surface area (Å²) < 4.78 is 9.85. The molecular formula is C7H14O5. The molecule has 1 saturated heterocycles. The van der Waals surface area contributed by atoms with Gasteiger partial charge in [-0.2, -0.15) is 0 Å². The van der Waals surface area contributed by atoms with E-state index in [1.165, 1.54) is 14.0 Å². The molecule has 1 fully saturated rings. The van der Waals surface area contributed by atoms with Gasteiger partial charge in [0.1, 0.15) is 17.8 Å². The van der Waals surface area contributed by atoms with Gasteiger partial charge in [0.2, 0.25) is 0 Å². The van der Waals surface area contributed by atoms with E-state index in [1.807, 2.05) is 0 Å². The minimum absolute atomic E-state index is 0.356. The molecule has 12 heavy (non-hydrogen) atoms. The molecule has 4 atom stereocenters. The molecule has 0 amide bonds. The predicted molar refractivity (Wildman–Crippen MR) is 39.4 cm³/mol. The molecule has 0 saturated carbocycles. The molecule has 0 aromatic heterocycles. The predicted octanol–water partition coefficient (Wildman–Crippen LogP) is -1.54. The molecule has 1 heterocycles. The van der Waals surface area contributed by atoms with Gasteiger partial charge in [-0.3, -0.25) is 0 Å². The van der Waals surface area contributed by atoms with Gasteiger partial charge in [0, 0.05) is 7.11 Å². The van der Waals surface area contributed by atoms with Gasteiger partial charge < -0.3 is 24.8 Å². The lowest BCUT2D eigenvalue weighted by Crippen LogP contribution is -2.43. The van der Waals surface area contributed by atoms with Crippen LogP contribution in [0.3, 0.4) is 0 Å². The molecule has 1 aliphatic rings. The second kappa shape index (κ2) is 3.27. The lowest BCUT2D eigenvalue weighted by molar-refractivity contribution is -0.182. The first-order chi connectivity index (χ1) is 5.55. The van der Waals surface area contributed by atoms with Crippen LogP contribution in [-0.2, 0) is 9.47 Å². The Morgan fingerprint density at radius 3 is 2.33 bits per heavy atom. The van der Waals surface area contributed by atoms with E-state index in [-0.39, 0.29) is 6.61 Å². The molecule has 0 unspecified atom stereocenters. The highest BCUT2D eigenvalue weighted by atomic mass is 16.7. The fourth-order valence-electron chi connectivity index (χ4n) is 1.23. The molecule has 5 heteroatoms. The first kappa shape index (κ1) is 9.88. The van der Waals surface area contributed by atoms with Gasteiger partial charge in [0.25, 0.3) is 0 Å². The second-order valence-electron chi connectivity index (χ2n) is 3.13. The number of aliphatic hydroxyl groups excluding tert-OH is 3. The molecule has 0 aromatic rings. The number of hydrogen-bond donors (Lipinski definition) is 3. The summed E-state index contributed by atoms with van der Waals surface area (Å²) in [6.07, 6.45) is -3.09. The molecule has 0 bridgehead atoms. The summed E-state index contributed by atoms with van der Waals surface area (Å²) in [6.45, 7) is 1.16. The number of methoxy groups -OCH3 is 1. The van der Waals surface area contributed by atoms with E-state index in [2.05, 4.69) is 0 Å². The second-order valence-corrected chi connectivity index (χ2v) is 3.13. The first-order valence-corrected chi connectivity index (χ1v) is 3.73. The van der Waals surface area contributed by atoms with Gasteiger partial charge in [0.15, 0.2) is 6.29 Å². The highest BCUT2D eigenvalue weighted by Gasteiger charge is 2.51. The van der Waals surface area contributed by atoms with Crippen molar-refractivity contribution in [2.24, 2.45) is 0 Å². The molecule has 1 aliphatic heterocycles. The van der Waals surface area contributed by atoms with E-state index in [1.54, 1.807) is 0 Å². The zero-order valence-corrected chi connectivity index (χ0v) is 7.10. The molecule has 3 N–H and O–H groups in total. The maximum absolute atomic E-state index is 9.40. The van der Waals surface area contributed by atoms with Crippen LogP contribution in [0.4, 0.5) is 0 Å². The third-order valence-corrected chi connectivity index (χ3v) is 2.16. The fraction of sp³-hybridized carbons (Fsp3) is 1.00. The van der Waals surface area contributed by atoms with E-state index < -0.39 is 24.1 Å². The molecule has 0 radical (unpaired) electrons. The molecular weight excluding hydrogens is 164 g/mol. The van der Waals surface area contributed by atoms with Crippen molar-refractivity contribution in [1.29, 1.82) is 0 Å². The minimum atomic E-state index is -1.12. The van der Waals surface area contributed by atoms with E-state index in [9.17, 15) is 10.2 Å². The lowest BCUT2D eigenvalue weighted by atomic mass is 9.99. The topological polar surface area (TPSA) is 79.2 Å². The highest BCUT2D eigenvalue weighted by molar-refractivity contribution is 4.96. The van der Waals surface area contributed by atoms with Crippen molar-refractivity contribution in [1.82, 2.24) is 0 Å². The van der Waals surface area contributed by atoms with Crippen LogP contribution < -0.4 is 0 Å². The molecule has 0 spiro atoms. The van der Waals surface area contributed by atoms with Crippen LogP contribution >= 0.6 is 0 Å². The zero-order chi connectivity index (χ0) is 9.35. The summed E-state index contributed by atoms with van der Waals surface area (Å²) in [4.78, 5) is 0. The minimum Gasteiger partial charge on any atom is -0.393 e. The average Bonchev–Trinajstić information content (AvgIpc) is 2.31. The summed E-state index contributed by atoms with van der Waals surface area (Å²) >= 11 is 0. The molecule has 0 aromatic carbocycles. The quantitative estimate of drug-likeness (QED) is 0.477. The summed E-state index contributed by atoms with van der Waals surface area (Å²) in [7, 11) is 1.36. The summed E-state index contributed by atoms with van der Waals surface area (Å²) in [5, 5.41) is 27.6. The van der Waals surface area contributed by atoms with Crippen LogP contribution in [0.25, 0.3) is 0 Å². The van der Waals surface area contributed by atoms with E-state index in [0.29, 0.717) is 0 Å². The first-order valence-electron chi connectivity index (χ1n) is 3.73. The van der Waals surface area contributed by atoms with Gasteiger partial charge >= 0.3 is 0 Å². The molecule has 72 valence electrons. The maximum Gasteiger partial charge on any atom is 0.186 e.